The number of nitrogens with one attached hydrogen (secondary N) is 1. The normalized spacial score (nSPS) is 10.2. The number of aryl methyl sites for hydroxylation is 1. The smallest absolute Gasteiger partial charge is 0.272 e. The number of benzene rings is 1. The molecule has 0 saturated carbocycles. The fraction of sp³-hybridized carbons (Fsp3) is 0.154. The molecular weight excluding hydrogens is 214 g/mol. The van der Waals surface area contributed by atoms with Crippen molar-refractivity contribution in [3.05, 3.63) is 47.8 Å². The number of carbonyl (C=O) groups is 1. The molecule has 88 valence electrons. The van der Waals surface area contributed by atoms with Crippen molar-refractivity contribution in [2.24, 2.45) is 7.05 Å². The molecule has 1 heterocycles. The molecule has 1 amide bonds. The van der Waals surface area contributed by atoms with Crippen LogP contribution in [0.3, 0.4) is 0 Å². The van der Waals surface area contributed by atoms with E-state index < -0.39 is 0 Å². The summed E-state index contributed by atoms with van der Waals surface area (Å²) < 4.78 is 1.85. The molecule has 4 heteroatoms. The quantitative estimate of drug-likeness (QED) is 0.775. The van der Waals surface area contributed by atoms with Crippen LogP contribution in [0.5, 0.6) is 0 Å². The van der Waals surface area contributed by atoms with Crippen LogP contribution in [0.4, 0.5) is 11.4 Å². The van der Waals surface area contributed by atoms with Crippen LogP contribution < -0.4 is 11.1 Å². The molecule has 1 aromatic carbocycles. The molecule has 0 aliphatic carbocycles. The summed E-state index contributed by atoms with van der Waals surface area (Å²) in [5.41, 5.74) is 8.66. The Morgan fingerprint density at radius 1 is 1.29 bits per heavy atom. The van der Waals surface area contributed by atoms with Crippen molar-refractivity contribution in [2.45, 2.75) is 6.92 Å². The van der Waals surface area contributed by atoms with Crippen LogP contribution in [0.15, 0.2) is 36.4 Å². The molecule has 0 aliphatic heterocycles. The molecule has 0 saturated heterocycles. The van der Waals surface area contributed by atoms with Crippen LogP contribution in [0.1, 0.15) is 16.2 Å². The molecule has 0 unspecified atom stereocenters. The van der Waals surface area contributed by atoms with Crippen molar-refractivity contribution in [3.63, 3.8) is 0 Å². The Labute approximate surface area is 100 Å². The maximum atomic E-state index is 12.0. The lowest BCUT2D eigenvalue weighted by Crippen LogP contribution is -2.16. The average Bonchev–Trinajstić information content (AvgIpc) is 2.60. The minimum Gasteiger partial charge on any atom is -0.399 e. The molecule has 4 nitrogen and oxygen atoms in total. The van der Waals surface area contributed by atoms with Gasteiger partial charge in [0.1, 0.15) is 5.69 Å². The number of hydrogen-bond donors (Lipinski definition) is 2. The lowest BCUT2D eigenvalue weighted by molar-refractivity contribution is 0.101. The molecule has 17 heavy (non-hydrogen) atoms. The molecular formula is C13H15N3O. The second kappa shape index (κ2) is 4.33. The van der Waals surface area contributed by atoms with Crippen LogP contribution in [-0.4, -0.2) is 10.5 Å². The monoisotopic (exact) mass is 229 g/mol. The summed E-state index contributed by atoms with van der Waals surface area (Å²) in [5.74, 6) is -0.133. The molecule has 0 atom stereocenters. The van der Waals surface area contributed by atoms with E-state index in [1.807, 2.05) is 30.7 Å². The Morgan fingerprint density at radius 3 is 2.65 bits per heavy atom. The van der Waals surface area contributed by atoms with Gasteiger partial charge in [-0.05, 0) is 37.3 Å². The van der Waals surface area contributed by atoms with E-state index >= 15 is 0 Å². The van der Waals surface area contributed by atoms with E-state index in [4.69, 9.17) is 5.73 Å². The van der Waals surface area contributed by atoms with Crippen LogP contribution in [-0.2, 0) is 7.05 Å². The molecule has 0 aliphatic rings. The predicted molar refractivity (Wildman–Crippen MR) is 69.0 cm³/mol. The molecule has 0 radical (unpaired) electrons. The summed E-state index contributed by atoms with van der Waals surface area (Å²) in [7, 11) is 1.86. The van der Waals surface area contributed by atoms with Gasteiger partial charge in [0.25, 0.3) is 5.91 Å². The number of nitrogens with two attached hydrogens (primary N) is 1. The molecule has 2 rings (SSSR count). The van der Waals surface area contributed by atoms with E-state index in [1.54, 1.807) is 24.3 Å². The van der Waals surface area contributed by atoms with E-state index in [0.29, 0.717) is 17.1 Å². The lowest BCUT2D eigenvalue weighted by Gasteiger charge is -2.07. The number of aromatic nitrogens is 1. The summed E-state index contributed by atoms with van der Waals surface area (Å²) >= 11 is 0. The molecule has 0 fully saturated rings. The Hall–Kier alpha value is -2.23. The summed E-state index contributed by atoms with van der Waals surface area (Å²) in [6.07, 6.45) is 0. The van der Waals surface area contributed by atoms with Crippen molar-refractivity contribution in [1.29, 1.82) is 0 Å². The number of anilines is 2. The first-order valence-electron chi connectivity index (χ1n) is 5.37. The Balaban J connectivity index is 2.20. The zero-order chi connectivity index (χ0) is 12.4. The van der Waals surface area contributed by atoms with Crippen molar-refractivity contribution in [1.82, 2.24) is 4.57 Å². The van der Waals surface area contributed by atoms with Crippen LogP contribution >= 0.6 is 0 Å². The van der Waals surface area contributed by atoms with Gasteiger partial charge in [-0.3, -0.25) is 4.79 Å². The van der Waals surface area contributed by atoms with Crippen LogP contribution in [0, 0.1) is 6.92 Å². The first kappa shape index (κ1) is 11.3. The van der Waals surface area contributed by atoms with Crippen molar-refractivity contribution in [3.8, 4) is 0 Å². The maximum Gasteiger partial charge on any atom is 0.272 e. The van der Waals surface area contributed by atoms with E-state index in [2.05, 4.69) is 5.32 Å². The highest BCUT2D eigenvalue weighted by molar-refractivity contribution is 6.03. The van der Waals surface area contributed by atoms with E-state index in [9.17, 15) is 4.79 Å². The zero-order valence-corrected chi connectivity index (χ0v) is 9.90. The lowest BCUT2D eigenvalue weighted by atomic mass is 10.2. The topological polar surface area (TPSA) is 60.1 Å². The fourth-order valence-corrected chi connectivity index (χ4v) is 1.65. The summed E-state index contributed by atoms with van der Waals surface area (Å²) in [6, 6.07) is 10.8. The Morgan fingerprint density at radius 2 is 2.06 bits per heavy atom. The van der Waals surface area contributed by atoms with Gasteiger partial charge in [-0.15, -0.1) is 0 Å². The first-order chi connectivity index (χ1) is 8.08. The van der Waals surface area contributed by atoms with E-state index in [0.717, 1.165) is 5.69 Å². The van der Waals surface area contributed by atoms with Gasteiger partial charge >= 0.3 is 0 Å². The maximum absolute atomic E-state index is 12.0. The van der Waals surface area contributed by atoms with Gasteiger partial charge in [0.15, 0.2) is 0 Å². The van der Waals surface area contributed by atoms with Gasteiger partial charge in [0, 0.05) is 24.1 Å². The zero-order valence-electron chi connectivity index (χ0n) is 9.90. The molecule has 0 spiro atoms. The fourth-order valence-electron chi connectivity index (χ4n) is 1.65. The summed E-state index contributed by atoms with van der Waals surface area (Å²) in [5, 5.41) is 2.81. The number of hydrogen-bond acceptors (Lipinski definition) is 2. The van der Waals surface area contributed by atoms with Gasteiger partial charge in [-0.25, -0.2) is 0 Å². The number of nitrogens with zero attached hydrogens (tertiary/aromatic N) is 1. The minimum atomic E-state index is -0.133. The van der Waals surface area contributed by atoms with E-state index in [1.165, 1.54) is 0 Å². The summed E-state index contributed by atoms with van der Waals surface area (Å²) in [4.78, 5) is 12.0. The number of amides is 1. The van der Waals surface area contributed by atoms with Crippen LogP contribution in [0.25, 0.3) is 0 Å². The summed E-state index contributed by atoms with van der Waals surface area (Å²) in [6.45, 7) is 1.96. The first-order valence-corrected chi connectivity index (χ1v) is 5.37. The van der Waals surface area contributed by atoms with Crippen LogP contribution in [0.2, 0.25) is 0 Å². The number of nitrogen functional groups attached to an aromatic ring is 1. The molecule has 3 N–H and O–H groups in total. The SMILES string of the molecule is Cc1ccc(C(=O)Nc2cccc(N)c2)n1C. The average molecular weight is 229 g/mol. The van der Waals surface area contributed by atoms with Gasteiger partial charge in [0.05, 0.1) is 0 Å². The highest BCUT2D eigenvalue weighted by Crippen LogP contribution is 2.14. The Kier molecular flexibility index (Phi) is 2.87. The number of rotatable bonds is 2. The van der Waals surface area contributed by atoms with Gasteiger partial charge in [-0.2, -0.15) is 0 Å². The van der Waals surface area contributed by atoms with Crippen molar-refractivity contribution >= 4 is 17.3 Å². The highest BCUT2D eigenvalue weighted by Gasteiger charge is 2.10. The largest absolute Gasteiger partial charge is 0.399 e. The van der Waals surface area contributed by atoms with Gasteiger partial charge in [-0.1, -0.05) is 6.07 Å². The van der Waals surface area contributed by atoms with E-state index in [-0.39, 0.29) is 5.91 Å². The third-order valence-electron chi connectivity index (χ3n) is 2.75. The second-order valence-corrected chi connectivity index (χ2v) is 4.00. The van der Waals surface area contributed by atoms with Crippen molar-refractivity contribution < 1.29 is 4.79 Å². The number of carbonyl (C=O) groups excluding carboxylic acids is 1. The van der Waals surface area contributed by atoms with Gasteiger partial charge in [0.2, 0.25) is 0 Å². The second-order valence-electron chi connectivity index (χ2n) is 4.00. The van der Waals surface area contributed by atoms with Gasteiger partial charge < -0.3 is 15.6 Å². The molecule has 1 aromatic heterocycles. The molecule has 2 aromatic rings. The minimum absolute atomic E-state index is 0.133. The third kappa shape index (κ3) is 2.30. The molecule has 0 bridgehead atoms. The predicted octanol–water partition coefficient (Wildman–Crippen LogP) is 2.17. The highest BCUT2D eigenvalue weighted by atomic mass is 16.1. The van der Waals surface area contributed by atoms with Crippen molar-refractivity contribution in [2.75, 3.05) is 11.1 Å². The standard InChI is InChI=1S/C13H15N3O/c1-9-6-7-12(16(9)2)13(17)15-11-5-3-4-10(14)8-11/h3-8H,14H2,1-2H3,(H,15,17). The third-order valence-corrected chi connectivity index (χ3v) is 2.75. The Bertz CT molecular complexity index is 558.